The summed E-state index contributed by atoms with van der Waals surface area (Å²) in [4.78, 5) is 44.7. The van der Waals surface area contributed by atoms with Gasteiger partial charge in [-0.3, -0.25) is 9.36 Å². The Kier molecular flexibility index (Phi) is 11.8. The molecule has 0 unspecified atom stereocenters. The summed E-state index contributed by atoms with van der Waals surface area (Å²) in [6.45, 7) is 5.65. The number of thiazole rings is 1. The lowest BCUT2D eigenvalue weighted by Gasteiger charge is -2.25. The Hall–Kier alpha value is -4.63. The second-order valence-corrected chi connectivity index (χ2v) is 12.9. The molecule has 4 aromatic rings. The second kappa shape index (κ2) is 16.2. The number of esters is 2. The van der Waals surface area contributed by atoms with Crippen molar-refractivity contribution in [1.29, 1.82) is 0 Å². The summed E-state index contributed by atoms with van der Waals surface area (Å²) in [6.07, 6.45) is 1.75. The fraction of sp³-hybridized carbons (Fsp3) is 0.278. The zero-order valence-corrected chi connectivity index (χ0v) is 30.6. The van der Waals surface area contributed by atoms with E-state index in [1.807, 2.05) is 49.4 Å². The molecule has 0 bridgehead atoms. The van der Waals surface area contributed by atoms with Crippen LogP contribution in [-0.2, 0) is 25.7 Å². The molecule has 0 saturated heterocycles. The van der Waals surface area contributed by atoms with E-state index in [-0.39, 0.29) is 24.3 Å². The van der Waals surface area contributed by atoms with Crippen LogP contribution in [0.5, 0.6) is 23.0 Å². The predicted molar refractivity (Wildman–Crippen MR) is 192 cm³/mol. The van der Waals surface area contributed by atoms with Crippen LogP contribution >= 0.6 is 33.9 Å². The first-order valence-corrected chi connectivity index (χ1v) is 17.3. The number of methoxy groups -OCH3 is 2. The topological polar surface area (TPSA) is 124 Å². The molecule has 1 aromatic heterocycles. The zero-order chi connectivity index (χ0) is 35.1. The number of hydrogen-bond acceptors (Lipinski definition) is 11. The molecular formula is C36H35IN2O9S. The van der Waals surface area contributed by atoms with Gasteiger partial charge >= 0.3 is 11.9 Å². The third-order valence-corrected chi connectivity index (χ3v) is 9.06. The van der Waals surface area contributed by atoms with Gasteiger partial charge in [0.2, 0.25) is 0 Å². The van der Waals surface area contributed by atoms with Crippen LogP contribution in [0.25, 0.3) is 6.08 Å². The highest BCUT2D eigenvalue weighted by Crippen LogP contribution is 2.37. The smallest absolute Gasteiger partial charge is 0.343 e. The molecule has 49 heavy (non-hydrogen) atoms. The lowest BCUT2D eigenvalue weighted by Crippen LogP contribution is -2.40. The van der Waals surface area contributed by atoms with Crippen molar-refractivity contribution in [3.63, 3.8) is 0 Å². The minimum Gasteiger partial charge on any atom is -0.493 e. The molecule has 1 aliphatic heterocycles. The number of ether oxygens (including phenoxy) is 6. The fourth-order valence-corrected chi connectivity index (χ4v) is 6.91. The van der Waals surface area contributed by atoms with E-state index in [4.69, 9.17) is 28.4 Å². The normalized spacial score (nSPS) is 14.1. The molecule has 3 aromatic carbocycles. The Bertz CT molecular complexity index is 2070. The molecule has 11 nitrogen and oxygen atoms in total. The van der Waals surface area contributed by atoms with Gasteiger partial charge < -0.3 is 28.4 Å². The summed E-state index contributed by atoms with van der Waals surface area (Å²) >= 11 is 3.39. The monoisotopic (exact) mass is 798 g/mol. The molecule has 1 aliphatic rings. The van der Waals surface area contributed by atoms with Gasteiger partial charge in [-0.1, -0.05) is 47.7 Å². The van der Waals surface area contributed by atoms with Gasteiger partial charge in [0.15, 0.2) is 34.4 Å². The fourth-order valence-electron chi connectivity index (χ4n) is 5.26. The Morgan fingerprint density at radius 1 is 0.959 bits per heavy atom. The first-order chi connectivity index (χ1) is 23.7. The van der Waals surface area contributed by atoms with Crippen LogP contribution in [0.3, 0.4) is 0 Å². The molecule has 0 N–H and O–H groups in total. The van der Waals surface area contributed by atoms with Gasteiger partial charge in [-0.15, -0.1) is 0 Å². The molecule has 0 amide bonds. The maximum Gasteiger partial charge on any atom is 0.343 e. The number of allylic oxidation sites excluding steroid dienone is 1. The maximum atomic E-state index is 14.4. The molecule has 0 radical (unpaired) electrons. The van der Waals surface area contributed by atoms with Crippen LogP contribution in [0.4, 0.5) is 0 Å². The molecule has 5 rings (SSSR count). The standard InChI is InChI=1S/C36H35IN2O9S/c1-6-45-27-16-23(13-14-26(27)47-20-30(40)44-5)32-31(35(42)46-7-2)21(3)38-36-39(32)34(41)29(49-36)17-24-15-25(37)18-28(43-4)33(24)48-19-22-11-9-8-10-12-22/h8-18,32H,6-7,19-20H2,1-5H3/b29-17+/t32-/m0/s1. The maximum absolute atomic E-state index is 14.4. The van der Waals surface area contributed by atoms with E-state index < -0.39 is 18.0 Å². The number of fused-ring (bicyclic) bond motifs is 1. The summed E-state index contributed by atoms with van der Waals surface area (Å²) < 4.78 is 36.4. The van der Waals surface area contributed by atoms with Gasteiger partial charge in [-0.2, -0.15) is 0 Å². The summed E-state index contributed by atoms with van der Waals surface area (Å²) in [5.41, 5.74) is 2.45. The Labute approximate surface area is 300 Å². The van der Waals surface area contributed by atoms with Crippen molar-refractivity contribution in [3.8, 4) is 23.0 Å². The summed E-state index contributed by atoms with van der Waals surface area (Å²) in [6, 6.07) is 17.7. The number of halogens is 1. The number of aromatic nitrogens is 1. The van der Waals surface area contributed by atoms with Crippen molar-refractivity contribution in [2.45, 2.75) is 33.4 Å². The van der Waals surface area contributed by atoms with Gasteiger partial charge in [-0.05, 0) is 84.8 Å². The lowest BCUT2D eigenvalue weighted by atomic mass is 9.95. The number of carbonyl (C=O) groups excluding carboxylic acids is 2. The average Bonchev–Trinajstić information content (AvgIpc) is 3.40. The van der Waals surface area contributed by atoms with E-state index in [9.17, 15) is 14.4 Å². The van der Waals surface area contributed by atoms with E-state index in [1.165, 1.54) is 23.0 Å². The van der Waals surface area contributed by atoms with Crippen LogP contribution in [-0.4, -0.2) is 50.5 Å². The summed E-state index contributed by atoms with van der Waals surface area (Å²) in [5.74, 6) is 0.499. The number of hydrogen-bond donors (Lipinski definition) is 0. The first kappa shape index (κ1) is 35.7. The molecule has 1 atom stereocenters. The highest BCUT2D eigenvalue weighted by Gasteiger charge is 2.34. The molecule has 2 heterocycles. The molecule has 0 saturated carbocycles. The summed E-state index contributed by atoms with van der Waals surface area (Å²) in [5, 5.41) is 0. The third kappa shape index (κ3) is 7.99. The third-order valence-electron chi connectivity index (χ3n) is 7.45. The summed E-state index contributed by atoms with van der Waals surface area (Å²) in [7, 11) is 2.84. The lowest BCUT2D eigenvalue weighted by molar-refractivity contribution is -0.143. The quantitative estimate of drug-likeness (QED) is 0.137. The highest BCUT2D eigenvalue weighted by atomic mass is 127. The van der Waals surface area contributed by atoms with Gasteiger partial charge in [-0.25, -0.2) is 14.6 Å². The zero-order valence-electron chi connectivity index (χ0n) is 27.6. The average molecular weight is 799 g/mol. The van der Waals surface area contributed by atoms with Crippen molar-refractivity contribution in [3.05, 3.63) is 112 Å². The van der Waals surface area contributed by atoms with Crippen LogP contribution in [0, 0.1) is 3.57 Å². The van der Waals surface area contributed by atoms with Gasteiger partial charge in [0.05, 0.1) is 49.3 Å². The Morgan fingerprint density at radius 2 is 1.73 bits per heavy atom. The minimum absolute atomic E-state index is 0.136. The first-order valence-electron chi connectivity index (χ1n) is 15.4. The highest BCUT2D eigenvalue weighted by molar-refractivity contribution is 14.1. The Balaban J connectivity index is 1.66. The van der Waals surface area contributed by atoms with Crippen molar-refractivity contribution >= 4 is 51.9 Å². The number of carbonyl (C=O) groups is 2. The van der Waals surface area contributed by atoms with Crippen LogP contribution < -0.4 is 33.8 Å². The minimum atomic E-state index is -0.898. The van der Waals surface area contributed by atoms with Crippen molar-refractivity contribution in [2.24, 2.45) is 4.99 Å². The van der Waals surface area contributed by atoms with E-state index in [0.29, 0.717) is 62.4 Å². The number of rotatable bonds is 13. The van der Waals surface area contributed by atoms with Crippen LogP contribution in [0.1, 0.15) is 43.5 Å². The largest absolute Gasteiger partial charge is 0.493 e. The molecule has 0 fully saturated rings. The Morgan fingerprint density at radius 3 is 2.43 bits per heavy atom. The van der Waals surface area contributed by atoms with Crippen molar-refractivity contribution in [2.75, 3.05) is 34.0 Å². The van der Waals surface area contributed by atoms with Gasteiger partial charge in [0.1, 0.15) is 6.61 Å². The van der Waals surface area contributed by atoms with E-state index >= 15 is 0 Å². The van der Waals surface area contributed by atoms with Crippen LogP contribution in [0.15, 0.2) is 81.7 Å². The second-order valence-electron chi connectivity index (χ2n) is 10.6. The van der Waals surface area contributed by atoms with Gasteiger partial charge in [0, 0.05) is 9.13 Å². The number of nitrogens with zero attached hydrogens (tertiary/aromatic N) is 2. The van der Waals surface area contributed by atoms with Crippen LogP contribution in [0.2, 0.25) is 0 Å². The molecule has 256 valence electrons. The predicted octanol–water partition coefficient (Wildman–Crippen LogP) is 4.94. The van der Waals surface area contributed by atoms with E-state index in [2.05, 4.69) is 27.6 Å². The molecule has 0 spiro atoms. The van der Waals surface area contributed by atoms with E-state index in [1.54, 1.807) is 45.2 Å². The molecular weight excluding hydrogens is 763 g/mol. The van der Waals surface area contributed by atoms with Crippen molar-refractivity contribution in [1.82, 2.24) is 4.57 Å². The number of benzene rings is 3. The molecule has 0 aliphatic carbocycles. The SMILES string of the molecule is CCOC(=O)C1=C(C)N=c2s/c(=C/c3cc(I)cc(OC)c3OCc3ccccc3)c(=O)n2[C@H]1c1ccc(OCC(=O)OC)c(OCC)c1. The van der Waals surface area contributed by atoms with E-state index in [0.717, 1.165) is 9.13 Å². The van der Waals surface area contributed by atoms with Crippen molar-refractivity contribution < 1.29 is 38.0 Å². The molecule has 13 heteroatoms. The van der Waals surface area contributed by atoms with Gasteiger partial charge in [0.25, 0.3) is 5.56 Å².